The van der Waals surface area contributed by atoms with Gasteiger partial charge in [0.2, 0.25) is 0 Å². The number of nitrogens with zero attached hydrogens (tertiary/aromatic N) is 1. The van der Waals surface area contributed by atoms with Gasteiger partial charge in [0.15, 0.2) is 11.5 Å². The van der Waals surface area contributed by atoms with Gasteiger partial charge in [-0.2, -0.15) is 0 Å². The number of aryl methyl sites for hydroxylation is 1. The highest BCUT2D eigenvalue weighted by atomic mass is 16.5. The highest BCUT2D eigenvalue weighted by Crippen LogP contribution is 2.29. The third kappa shape index (κ3) is 5.47. The van der Waals surface area contributed by atoms with Gasteiger partial charge in [-0.3, -0.25) is 4.90 Å². The number of rotatable bonds is 9. The Balaban J connectivity index is 1.54. The molecule has 1 heterocycles. The summed E-state index contributed by atoms with van der Waals surface area (Å²) in [6, 6.07) is 15.3. The first-order valence-corrected chi connectivity index (χ1v) is 9.99. The summed E-state index contributed by atoms with van der Waals surface area (Å²) in [7, 11) is 1.70. The molecule has 1 N–H and O–H groups in total. The van der Waals surface area contributed by atoms with Crippen LogP contribution in [0.4, 0.5) is 0 Å². The van der Waals surface area contributed by atoms with Crippen LogP contribution < -0.4 is 14.8 Å². The van der Waals surface area contributed by atoms with E-state index in [0.29, 0.717) is 12.6 Å². The lowest BCUT2D eigenvalue weighted by molar-refractivity contribution is 0.260. The van der Waals surface area contributed by atoms with Crippen LogP contribution in [0.15, 0.2) is 42.5 Å². The van der Waals surface area contributed by atoms with Gasteiger partial charge in [-0.05, 0) is 56.1 Å². The third-order valence-corrected chi connectivity index (χ3v) is 5.32. The van der Waals surface area contributed by atoms with E-state index in [1.807, 2.05) is 6.07 Å². The second kappa shape index (κ2) is 9.77. The maximum absolute atomic E-state index is 5.99. The van der Waals surface area contributed by atoms with E-state index in [4.69, 9.17) is 9.47 Å². The van der Waals surface area contributed by atoms with Gasteiger partial charge in [0.05, 0.1) is 7.11 Å². The number of hydrogen-bond donors (Lipinski definition) is 1. The molecule has 0 aromatic heterocycles. The van der Waals surface area contributed by atoms with Gasteiger partial charge in [0, 0.05) is 19.1 Å². The van der Waals surface area contributed by atoms with Gasteiger partial charge in [0.25, 0.3) is 0 Å². The molecule has 3 rings (SSSR count). The van der Waals surface area contributed by atoms with Crippen molar-refractivity contribution >= 4 is 0 Å². The quantitative estimate of drug-likeness (QED) is 0.721. The number of hydrogen-bond acceptors (Lipinski definition) is 4. The van der Waals surface area contributed by atoms with Crippen LogP contribution >= 0.6 is 0 Å². The van der Waals surface area contributed by atoms with Crippen molar-refractivity contribution < 1.29 is 9.47 Å². The van der Waals surface area contributed by atoms with Crippen molar-refractivity contribution in [2.45, 2.75) is 45.9 Å². The van der Waals surface area contributed by atoms with Gasteiger partial charge in [-0.25, -0.2) is 0 Å². The summed E-state index contributed by atoms with van der Waals surface area (Å²) in [6.45, 7) is 9.17. The van der Waals surface area contributed by atoms with Crippen molar-refractivity contribution in [1.29, 1.82) is 0 Å². The van der Waals surface area contributed by atoms with Crippen molar-refractivity contribution in [2.75, 3.05) is 26.7 Å². The smallest absolute Gasteiger partial charge is 0.161 e. The summed E-state index contributed by atoms with van der Waals surface area (Å²) < 4.78 is 11.5. The van der Waals surface area contributed by atoms with Gasteiger partial charge < -0.3 is 14.8 Å². The Morgan fingerprint density at radius 1 is 1.11 bits per heavy atom. The third-order valence-electron chi connectivity index (χ3n) is 5.32. The minimum absolute atomic E-state index is 0.546. The molecule has 0 bridgehead atoms. The highest BCUT2D eigenvalue weighted by molar-refractivity contribution is 5.43. The van der Waals surface area contributed by atoms with Crippen LogP contribution in [0.5, 0.6) is 11.5 Å². The van der Waals surface area contributed by atoms with Crippen molar-refractivity contribution in [3.05, 3.63) is 59.2 Å². The Morgan fingerprint density at radius 3 is 2.78 bits per heavy atom. The van der Waals surface area contributed by atoms with Crippen molar-refractivity contribution in [1.82, 2.24) is 10.2 Å². The standard InChI is InChI=1S/C23H32N2O2/c1-4-25-12-6-9-21(25)16-24-15-19-10-11-22(23(14-19)26-3)27-17-20-8-5-7-18(2)13-20/h5,7-8,10-11,13-14,21,24H,4,6,9,12,15-17H2,1-3H3/t21-/m1/s1. The van der Waals surface area contributed by atoms with E-state index in [0.717, 1.165) is 31.1 Å². The van der Waals surface area contributed by atoms with Gasteiger partial charge in [-0.1, -0.05) is 42.8 Å². The fourth-order valence-corrected chi connectivity index (χ4v) is 3.83. The molecular weight excluding hydrogens is 336 g/mol. The normalized spacial score (nSPS) is 17.2. The second-order valence-corrected chi connectivity index (χ2v) is 7.32. The van der Waals surface area contributed by atoms with Gasteiger partial charge in [-0.15, -0.1) is 0 Å². The molecule has 1 fully saturated rings. The lowest BCUT2D eigenvalue weighted by atomic mass is 10.1. The van der Waals surface area contributed by atoms with Crippen LogP contribution in [0.25, 0.3) is 0 Å². The summed E-state index contributed by atoms with van der Waals surface area (Å²) >= 11 is 0. The molecule has 27 heavy (non-hydrogen) atoms. The maximum atomic E-state index is 5.99. The van der Waals surface area contributed by atoms with Gasteiger partial charge in [0.1, 0.15) is 6.61 Å². The molecule has 1 aliphatic rings. The Kier molecular flexibility index (Phi) is 7.13. The maximum Gasteiger partial charge on any atom is 0.161 e. The largest absolute Gasteiger partial charge is 0.493 e. The van der Waals surface area contributed by atoms with E-state index in [-0.39, 0.29) is 0 Å². The SMILES string of the molecule is CCN1CCC[C@@H]1CNCc1ccc(OCc2cccc(C)c2)c(OC)c1. The molecule has 4 nitrogen and oxygen atoms in total. The summed E-state index contributed by atoms with van der Waals surface area (Å²) in [4.78, 5) is 2.57. The van der Waals surface area contributed by atoms with Crippen molar-refractivity contribution in [2.24, 2.45) is 0 Å². The molecule has 0 unspecified atom stereocenters. The van der Waals surface area contributed by atoms with E-state index in [9.17, 15) is 0 Å². The van der Waals surface area contributed by atoms with Gasteiger partial charge >= 0.3 is 0 Å². The average Bonchev–Trinajstić information content (AvgIpc) is 3.14. The molecule has 0 saturated carbocycles. The van der Waals surface area contributed by atoms with E-state index < -0.39 is 0 Å². The van der Waals surface area contributed by atoms with Crippen molar-refractivity contribution in [3.8, 4) is 11.5 Å². The molecule has 2 aromatic rings. The van der Waals surface area contributed by atoms with E-state index >= 15 is 0 Å². The predicted octanol–water partition coefficient (Wildman–Crippen LogP) is 4.16. The molecule has 1 atom stereocenters. The van der Waals surface area contributed by atoms with Crippen molar-refractivity contribution in [3.63, 3.8) is 0 Å². The minimum atomic E-state index is 0.546. The van der Waals surface area contributed by atoms with Crippen LogP contribution in [0.1, 0.15) is 36.5 Å². The molecule has 2 aromatic carbocycles. The molecule has 0 spiro atoms. The van der Waals surface area contributed by atoms with Crippen LogP contribution in [-0.4, -0.2) is 37.7 Å². The zero-order valence-corrected chi connectivity index (χ0v) is 16.8. The first-order valence-electron chi connectivity index (χ1n) is 9.99. The highest BCUT2D eigenvalue weighted by Gasteiger charge is 2.22. The van der Waals surface area contributed by atoms with Crippen LogP contribution in [-0.2, 0) is 13.2 Å². The Morgan fingerprint density at radius 2 is 2.00 bits per heavy atom. The molecular formula is C23H32N2O2. The summed E-state index contributed by atoms with van der Waals surface area (Å²) in [5.74, 6) is 1.58. The summed E-state index contributed by atoms with van der Waals surface area (Å²) in [5.41, 5.74) is 3.63. The molecule has 0 amide bonds. The van der Waals surface area contributed by atoms with Crippen LogP contribution in [0.2, 0.25) is 0 Å². The fraction of sp³-hybridized carbons (Fsp3) is 0.478. The molecule has 1 aliphatic heterocycles. The molecule has 0 radical (unpaired) electrons. The van der Waals surface area contributed by atoms with Crippen LogP contribution in [0.3, 0.4) is 0 Å². The minimum Gasteiger partial charge on any atom is -0.493 e. The first-order chi connectivity index (χ1) is 13.2. The van der Waals surface area contributed by atoms with Crippen LogP contribution in [0, 0.1) is 6.92 Å². The van der Waals surface area contributed by atoms with E-state index in [1.165, 1.54) is 36.1 Å². The van der Waals surface area contributed by atoms with E-state index in [2.05, 4.69) is 60.5 Å². The summed E-state index contributed by atoms with van der Waals surface area (Å²) in [6.07, 6.45) is 2.62. The molecule has 1 saturated heterocycles. The number of ether oxygens (including phenoxy) is 2. The molecule has 0 aliphatic carbocycles. The number of benzene rings is 2. The zero-order valence-electron chi connectivity index (χ0n) is 16.8. The number of nitrogens with one attached hydrogen (secondary N) is 1. The Labute approximate surface area is 163 Å². The Hall–Kier alpha value is -2.04. The predicted molar refractivity (Wildman–Crippen MR) is 110 cm³/mol. The zero-order chi connectivity index (χ0) is 19.1. The topological polar surface area (TPSA) is 33.7 Å². The summed E-state index contributed by atoms with van der Waals surface area (Å²) in [5, 5.41) is 3.60. The number of likely N-dealkylation sites (tertiary alicyclic amines) is 1. The Bertz CT molecular complexity index is 732. The molecule has 146 valence electrons. The monoisotopic (exact) mass is 368 g/mol. The van der Waals surface area contributed by atoms with E-state index in [1.54, 1.807) is 7.11 Å². The number of methoxy groups -OCH3 is 1. The lowest BCUT2D eigenvalue weighted by Gasteiger charge is -2.23. The average molecular weight is 369 g/mol. The second-order valence-electron chi connectivity index (χ2n) is 7.32. The fourth-order valence-electron chi connectivity index (χ4n) is 3.83. The molecule has 4 heteroatoms. The first kappa shape index (κ1) is 19.7. The number of likely N-dealkylation sites (N-methyl/N-ethyl adjacent to an activating group) is 1. The lowest BCUT2D eigenvalue weighted by Crippen LogP contribution is -2.37.